The van der Waals surface area contributed by atoms with E-state index in [4.69, 9.17) is 5.11 Å². The average Bonchev–Trinajstić information content (AvgIpc) is 2.93. The van der Waals surface area contributed by atoms with E-state index in [-0.39, 0.29) is 22.3 Å². The number of hydrogen-bond acceptors (Lipinski definition) is 4. The summed E-state index contributed by atoms with van der Waals surface area (Å²) in [4.78, 5) is 36.4. The van der Waals surface area contributed by atoms with Crippen LogP contribution >= 0.6 is 0 Å². The van der Waals surface area contributed by atoms with Crippen molar-refractivity contribution in [3.8, 4) is 0 Å². The minimum atomic E-state index is -1.02. The summed E-state index contributed by atoms with van der Waals surface area (Å²) in [5, 5.41) is 17.7. The van der Waals surface area contributed by atoms with E-state index in [1.54, 1.807) is 12.1 Å². The lowest BCUT2D eigenvalue weighted by Gasteiger charge is -2.37. The van der Waals surface area contributed by atoms with Crippen LogP contribution in [0.2, 0.25) is 0 Å². The van der Waals surface area contributed by atoms with Crippen molar-refractivity contribution in [3.05, 3.63) is 62.6 Å². The van der Waals surface area contributed by atoms with Crippen molar-refractivity contribution in [1.82, 2.24) is 10.2 Å². The van der Waals surface area contributed by atoms with Gasteiger partial charge in [0.25, 0.3) is 5.56 Å². The number of rotatable bonds is 2. The standard InChI is InChI=1S/C19H19N3O4/c1-19(2)7-11-14(12(23)8-19)13(15-16(20-11)21-22-17(15)24)9-3-5-10(6-4-9)18(25)26/h3-6,13H,7-8H2,1-2H3,(H,25,26)(H3,20,21,22,24)/t13-/m0/s1. The van der Waals surface area contributed by atoms with Gasteiger partial charge in [0.15, 0.2) is 5.78 Å². The van der Waals surface area contributed by atoms with Crippen LogP contribution in [0.25, 0.3) is 0 Å². The fraction of sp³-hybridized carbons (Fsp3) is 0.316. The predicted molar refractivity (Wildman–Crippen MR) is 95.3 cm³/mol. The third-order valence-electron chi connectivity index (χ3n) is 5.08. The van der Waals surface area contributed by atoms with Crippen molar-refractivity contribution in [2.45, 2.75) is 32.6 Å². The number of carboxylic acid groups (broad SMARTS) is 1. The van der Waals surface area contributed by atoms with Gasteiger partial charge in [-0.05, 0) is 29.5 Å². The molecule has 2 aliphatic rings. The van der Waals surface area contributed by atoms with E-state index in [2.05, 4.69) is 15.5 Å². The summed E-state index contributed by atoms with van der Waals surface area (Å²) in [6, 6.07) is 6.34. The first-order valence-electron chi connectivity index (χ1n) is 8.44. The van der Waals surface area contributed by atoms with Crippen LogP contribution in [-0.4, -0.2) is 27.1 Å². The quantitative estimate of drug-likeness (QED) is 0.662. The first-order chi connectivity index (χ1) is 12.3. The van der Waals surface area contributed by atoms with Crippen molar-refractivity contribution in [2.24, 2.45) is 5.41 Å². The number of carbonyl (C=O) groups is 2. The Morgan fingerprint density at radius 1 is 1.12 bits per heavy atom. The van der Waals surface area contributed by atoms with Crippen molar-refractivity contribution in [3.63, 3.8) is 0 Å². The molecule has 7 heteroatoms. The van der Waals surface area contributed by atoms with E-state index in [1.807, 2.05) is 13.8 Å². The minimum Gasteiger partial charge on any atom is -0.478 e. The van der Waals surface area contributed by atoms with Gasteiger partial charge in [0, 0.05) is 23.6 Å². The molecule has 0 amide bonds. The molecule has 1 aliphatic carbocycles. The Bertz CT molecular complexity index is 1010. The molecule has 134 valence electrons. The van der Waals surface area contributed by atoms with E-state index in [1.165, 1.54) is 12.1 Å². The van der Waals surface area contributed by atoms with Gasteiger partial charge >= 0.3 is 5.97 Å². The second-order valence-corrected chi connectivity index (χ2v) is 7.69. The van der Waals surface area contributed by atoms with Gasteiger partial charge in [-0.15, -0.1) is 0 Å². The molecule has 0 radical (unpaired) electrons. The average molecular weight is 353 g/mol. The molecular weight excluding hydrogens is 334 g/mol. The van der Waals surface area contributed by atoms with Crippen LogP contribution in [0.15, 0.2) is 40.3 Å². The Balaban J connectivity index is 1.90. The number of H-pyrrole nitrogens is 2. The van der Waals surface area contributed by atoms with Gasteiger partial charge in [0.05, 0.1) is 11.1 Å². The molecule has 4 rings (SSSR count). The highest BCUT2D eigenvalue weighted by atomic mass is 16.4. The van der Waals surface area contributed by atoms with Crippen LogP contribution in [0.1, 0.15) is 54.1 Å². The number of aromatic carboxylic acids is 1. The number of aromatic amines is 2. The number of nitrogens with one attached hydrogen (secondary N) is 3. The highest BCUT2D eigenvalue weighted by molar-refractivity contribution is 6.01. The van der Waals surface area contributed by atoms with E-state index in [0.717, 1.165) is 11.3 Å². The van der Waals surface area contributed by atoms with Crippen LogP contribution in [0.4, 0.5) is 5.82 Å². The van der Waals surface area contributed by atoms with Crippen LogP contribution < -0.4 is 10.9 Å². The second kappa shape index (κ2) is 5.45. The number of carbonyl (C=O) groups excluding carboxylic acids is 1. The lowest BCUT2D eigenvalue weighted by Crippen LogP contribution is -2.35. The third kappa shape index (κ3) is 2.47. The Labute approximate surface area is 149 Å². The van der Waals surface area contributed by atoms with E-state index >= 15 is 0 Å². The number of benzene rings is 1. The topological polar surface area (TPSA) is 115 Å². The molecule has 0 saturated heterocycles. The fourth-order valence-corrected chi connectivity index (χ4v) is 3.97. The van der Waals surface area contributed by atoms with E-state index in [9.17, 15) is 14.4 Å². The molecule has 0 unspecified atom stereocenters. The molecule has 1 aromatic heterocycles. The molecular formula is C19H19N3O4. The number of allylic oxidation sites excluding steroid dienone is 2. The fourth-order valence-electron chi connectivity index (χ4n) is 3.97. The van der Waals surface area contributed by atoms with Crippen molar-refractivity contribution < 1.29 is 14.7 Å². The van der Waals surface area contributed by atoms with Crippen LogP contribution in [0.5, 0.6) is 0 Å². The number of anilines is 1. The Morgan fingerprint density at radius 2 is 1.81 bits per heavy atom. The highest BCUT2D eigenvalue weighted by Crippen LogP contribution is 2.47. The van der Waals surface area contributed by atoms with Crippen LogP contribution in [0, 0.1) is 5.41 Å². The van der Waals surface area contributed by atoms with E-state index < -0.39 is 11.9 Å². The summed E-state index contributed by atoms with van der Waals surface area (Å²) < 4.78 is 0. The summed E-state index contributed by atoms with van der Waals surface area (Å²) in [5.74, 6) is -0.950. The van der Waals surface area contributed by atoms with Crippen molar-refractivity contribution in [2.75, 3.05) is 5.32 Å². The predicted octanol–water partition coefficient (Wildman–Crippen LogP) is 2.60. The normalized spacial score (nSPS) is 21.0. The number of ketones is 1. The van der Waals surface area contributed by atoms with Gasteiger partial charge in [0.2, 0.25) is 0 Å². The summed E-state index contributed by atoms with van der Waals surface area (Å²) in [5.41, 5.74) is 2.32. The maximum Gasteiger partial charge on any atom is 0.335 e. The molecule has 0 fully saturated rings. The van der Waals surface area contributed by atoms with Gasteiger partial charge in [0.1, 0.15) is 5.82 Å². The minimum absolute atomic E-state index is 0.0160. The number of fused-ring (bicyclic) bond motifs is 1. The first-order valence-corrected chi connectivity index (χ1v) is 8.44. The summed E-state index contributed by atoms with van der Waals surface area (Å²) >= 11 is 0. The highest BCUT2D eigenvalue weighted by Gasteiger charge is 2.42. The maximum absolute atomic E-state index is 12.9. The van der Waals surface area contributed by atoms with Crippen molar-refractivity contribution in [1.29, 1.82) is 0 Å². The summed E-state index contributed by atoms with van der Waals surface area (Å²) in [7, 11) is 0. The zero-order valence-electron chi connectivity index (χ0n) is 14.5. The zero-order chi connectivity index (χ0) is 18.6. The van der Waals surface area contributed by atoms with Gasteiger partial charge in [-0.1, -0.05) is 26.0 Å². The third-order valence-corrected chi connectivity index (χ3v) is 5.08. The lowest BCUT2D eigenvalue weighted by molar-refractivity contribution is -0.118. The zero-order valence-corrected chi connectivity index (χ0v) is 14.5. The van der Waals surface area contributed by atoms with Gasteiger partial charge in [-0.25, -0.2) is 4.79 Å². The summed E-state index contributed by atoms with van der Waals surface area (Å²) in [6.45, 7) is 4.09. The largest absolute Gasteiger partial charge is 0.478 e. The first kappa shape index (κ1) is 16.4. The molecule has 0 bridgehead atoms. The van der Waals surface area contributed by atoms with Gasteiger partial charge in [-0.3, -0.25) is 19.8 Å². The monoisotopic (exact) mass is 353 g/mol. The number of carboxylic acids is 1. The molecule has 4 N–H and O–H groups in total. The molecule has 26 heavy (non-hydrogen) atoms. The Hall–Kier alpha value is -3.09. The lowest BCUT2D eigenvalue weighted by atomic mass is 9.69. The molecule has 1 atom stereocenters. The molecule has 2 heterocycles. The van der Waals surface area contributed by atoms with Gasteiger partial charge in [-0.2, -0.15) is 0 Å². The smallest absolute Gasteiger partial charge is 0.335 e. The summed E-state index contributed by atoms with van der Waals surface area (Å²) in [6.07, 6.45) is 1.11. The SMILES string of the molecule is CC1(C)CC(=O)C2=C(C1)Nc1[nH][nH]c(=O)c1[C@H]2c1ccc(C(=O)O)cc1. The number of hydrogen-bond donors (Lipinski definition) is 4. The molecule has 1 aromatic carbocycles. The van der Waals surface area contributed by atoms with Crippen molar-refractivity contribution >= 4 is 17.6 Å². The molecule has 0 spiro atoms. The Kier molecular flexibility index (Phi) is 3.44. The second-order valence-electron chi connectivity index (χ2n) is 7.69. The molecule has 1 aliphatic heterocycles. The number of aromatic nitrogens is 2. The Morgan fingerprint density at radius 3 is 2.46 bits per heavy atom. The molecule has 7 nitrogen and oxygen atoms in total. The molecule has 0 saturated carbocycles. The molecule has 2 aromatic rings. The van der Waals surface area contributed by atoms with Crippen LogP contribution in [0.3, 0.4) is 0 Å². The number of Topliss-reactive ketones (excluding diaryl/α,β-unsaturated/α-hetero) is 1. The van der Waals surface area contributed by atoms with Crippen LogP contribution in [-0.2, 0) is 4.79 Å². The maximum atomic E-state index is 12.9. The van der Waals surface area contributed by atoms with E-state index in [0.29, 0.717) is 29.8 Å². The van der Waals surface area contributed by atoms with Gasteiger partial charge < -0.3 is 10.4 Å².